The summed E-state index contributed by atoms with van der Waals surface area (Å²) in [4.78, 5) is 0. The molecular weight excluding hydrogens is 248 g/mol. The average molecular weight is 268 g/mol. The number of rotatable bonds is 2. The zero-order valence-electron chi connectivity index (χ0n) is 12.4. The highest BCUT2D eigenvalue weighted by atomic mass is 16.5. The van der Waals surface area contributed by atoms with E-state index in [2.05, 4.69) is 42.2 Å². The predicted molar refractivity (Wildman–Crippen MR) is 80.1 cm³/mol. The molecule has 3 nitrogen and oxygen atoms in total. The maximum atomic E-state index is 5.47. The van der Waals surface area contributed by atoms with Crippen molar-refractivity contribution in [1.82, 2.24) is 10.2 Å². The Morgan fingerprint density at radius 3 is 2.55 bits per heavy atom. The minimum absolute atomic E-state index is 0.627. The first-order valence-corrected chi connectivity index (χ1v) is 7.29. The van der Waals surface area contributed by atoms with Gasteiger partial charge in [-0.15, -0.1) is 10.2 Å². The van der Waals surface area contributed by atoms with E-state index in [1.54, 1.807) is 0 Å². The van der Waals surface area contributed by atoms with Gasteiger partial charge in [0.25, 0.3) is 0 Å². The molecule has 0 amide bonds. The fourth-order valence-corrected chi connectivity index (χ4v) is 2.82. The zero-order chi connectivity index (χ0) is 14.1. The first kappa shape index (κ1) is 13.1. The van der Waals surface area contributed by atoms with Gasteiger partial charge in [-0.1, -0.05) is 6.07 Å². The monoisotopic (exact) mass is 268 g/mol. The molecule has 104 valence electrons. The fourth-order valence-electron chi connectivity index (χ4n) is 2.82. The van der Waals surface area contributed by atoms with Crippen LogP contribution in [0.25, 0.3) is 11.3 Å². The summed E-state index contributed by atoms with van der Waals surface area (Å²) in [6.07, 6.45) is 3.30. The van der Waals surface area contributed by atoms with Gasteiger partial charge in [0.05, 0.1) is 12.3 Å². The third kappa shape index (κ3) is 2.28. The molecule has 0 radical (unpaired) electrons. The largest absolute Gasteiger partial charge is 0.477 e. The van der Waals surface area contributed by atoms with Gasteiger partial charge in [-0.05, 0) is 68.4 Å². The number of aryl methyl sites for hydroxylation is 4. The van der Waals surface area contributed by atoms with Crippen LogP contribution >= 0.6 is 0 Å². The van der Waals surface area contributed by atoms with Gasteiger partial charge in [-0.3, -0.25) is 0 Å². The minimum atomic E-state index is 0.627. The van der Waals surface area contributed by atoms with Crippen molar-refractivity contribution >= 4 is 0 Å². The predicted octanol–water partition coefficient (Wildman–Crippen LogP) is 3.65. The molecule has 1 aromatic heterocycles. The van der Waals surface area contributed by atoms with E-state index in [0.29, 0.717) is 12.5 Å². The second-order valence-electron chi connectivity index (χ2n) is 5.44. The lowest BCUT2D eigenvalue weighted by molar-refractivity contribution is 0.322. The molecule has 1 aromatic carbocycles. The average Bonchev–Trinajstić information content (AvgIpc) is 2.59. The molecule has 3 rings (SSSR count). The Balaban J connectivity index is 2.14. The van der Waals surface area contributed by atoms with Crippen LogP contribution in [0.15, 0.2) is 18.2 Å². The van der Waals surface area contributed by atoms with Gasteiger partial charge in [0, 0.05) is 11.6 Å². The van der Waals surface area contributed by atoms with Crippen LogP contribution in [0.2, 0.25) is 0 Å². The summed E-state index contributed by atoms with van der Waals surface area (Å²) >= 11 is 0. The summed E-state index contributed by atoms with van der Waals surface area (Å²) in [5.74, 6) is 0.638. The lowest BCUT2D eigenvalue weighted by Gasteiger charge is -2.11. The second kappa shape index (κ2) is 5.23. The Kier molecular flexibility index (Phi) is 3.43. The molecule has 0 spiro atoms. The van der Waals surface area contributed by atoms with Gasteiger partial charge in [-0.2, -0.15) is 0 Å². The summed E-state index contributed by atoms with van der Waals surface area (Å²) in [5.41, 5.74) is 7.59. The molecule has 2 aromatic rings. The third-order valence-corrected chi connectivity index (χ3v) is 4.01. The maximum absolute atomic E-state index is 5.47. The summed E-state index contributed by atoms with van der Waals surface area (Å²) in [7, 11) is 0. The number of hydrogen-bond acceptors (Lipinski definition) is 3. The highest BCUT2D eigenvalue weighted by Crippen LogP contribution is 2.33. The quantitative estimate of drug-likeness (QED) is 0.834. The summed E-state index contributed by atoms with van der Waals surface area (Å²) < 4.78 is 5.47. The van der Waals surface area contributed by atoms with E-state index in [1.807, 2.05) is 6.92 Å². The normalized spacial score (nSPS) is 13.3. The van der Waals surface area contributed by atoms with Crippen LogP contribution in [-0.2, 0) is 12.8 Å². The molecule has 20 heavy (non-hydrogen) atoms. The standard InChI is InChI=1S/C17H20N2O/c1-4-20-16-10-14-7-5-6-13-8-11(2)12(3)9-15(13)17(14)19-18-16/h8-10H,4-7H2,1-3H3. The van der Waals surface area contributed by atoms with Crippen molar-refractivity contribution in [2.45, 2.75) is 40.0 Å². The Morgan fingerprint density at radius 1 is 1.00 bits per heavy atom. The number of benzene rings is 1. The first-order valence-electron chi connectivity index (χ1n) is 7.29. The molecule has 0 fully saturated rings. The molecule has 0 bridgehead atoms. The van der Waals surface area contributed by atoms with Crippen molar-refractivity contribution in [3.05, 3.63) is 40.5 Å². The van der Waals surface area contributed by atoms with E-state index in [9.17, 15) is 0 Å². The number of fused-ring (bicyclic) bond motifs is 3. The van der Waals surface area contributed by atoms with Crippen molar-refractivity contribution in [3.8, 4) is 17.1 Å². The van der Waals surface area contributed by atoms with Crippen molar-refractivity contribution in [3.63, 3.8) is 0 Å². The van der Waals surface area contributed by atoms with Gasteiger partial charge < -0.3 is 4.74 Å². The van der Waals surface area contributed by atoms with Crippen LogP contribution < -0.4 is 4.74 Å². The van der Waals surface area contributed by atoms with Crippen molar-refractivity contribution in [2.24, 2.45) is 0 Å². The summed E-state index contributed by atoms with van der Waals surface area (Å²) in [5, 5.41) is 8.64. The lowest BCUT2D eigenvalue weighted by Crippen LogP contribution is -2.01. The first-order chi connectivity index (χ1) is 9.69. The van der Waals surface area contributed by atoms with Gasteiger partial charge in [0.1, 0.15) is 0 Å². The third-order valence-electron chi connectivity index (χ3n) is 4.01. The maximum Gasteiger partial charge on any atom is 0.233 e. The van der Waals surface area contributed by atoms with Crippen LogP contribution in [0.3, 0.4) is 0 Å². The molecule has 0 N–H and O–H groups in total. The molecule has 1 aliphatic carbocycles. The van der Waals surface area contributed by atoms with Gasteiger partial charge in [0.2, 0.25) is 5.88 Å². The van der Waals surface area contributed by atoms with Gasteiger partial charge in [-0.25, -0.2) is 0 Å². The Labute approximate surface area is 120 Å². The lowest BCUT2D eigenvalue weighted by atomic mass is 9.96. The van der Waals surface area contributed by atoms with Crippen molar-refractivity contribution < 1.29 is 4.74 Å². The van der Waals surface area contributed by atoms with E-state index >= 15 is 0 Å². The van der Waals surface area contributed by atoms with Crippen molar-refractivity contribution in [2.75, 3.05) is 6.61 Å². The van der Waals surface area contributed by atoms with E-state index in [-0.39, 0.29) is 0 Å². The summed E-state index contributed by atoms with van der Waals surface area (Å²) in [6.45, 7) is 6.92. The van der Waals surface area contributed by atoms with Crippen LogP contribution in [0.1, 0.15) is 35.6 Å². The van der Waals surface area contributed by atoms with Gasteiger partial charge in [0.15, 0.2) is 0 Å². The molecule has 0 saturated carbocycles. The second-order valence-corrected chi connectivity index (χ2v) is 5.44. The highest BCUT2D eigenvalue weighted by Gasteiger charge is 2.18. The Bertz CT molecular complexity index is 650. The molecule has 0 aliphatic heterocycles. The van der Waals surface area contributed by atoms with E-state index in [4.69, 9.17) is 4.74 Å². The number of aromatic nitrogens is 2. The van der Waals surface area contributed by atoms with Gasteiger partial charge >= 0.3 is 0 Å². The highest BCUT2D eigenvalue weighted by molar-refractivity contribution is 5.69. The van der Waals surface area contributed by atoms with E-state index in [1.165, 1.54) is 27.8 Å². The Morgan fingerprint density at radius 2 is 1.75 bits per heavy atom. The number of ether oxygens (including phenoxy) is 1. The summed E-state index contributed by atoms with van der Waals surface area (Å²) in [6, 6.07) is 6.61. The van der Waals surface area contributed by atoms with Crippen LogP contribution in [0.5, 0.6) is 5.88 Å². The molecule has 0 saturated heterocycles. The molecule has 1 aliphatic rings. The molecule has 0 unspecified atom stereocenters. The molecule has 0 atom stereocenters. The minimum Gasteiger partial charge on any atom is -0.477 e. The Hall–Kier alpha value is -1.90. The zero-order valence-corrected chi connectivity index (χ0v) is 12.4. The SMILES string of the molecule is CCOc1cc2c(nn1)-c1cc(C)c(C)cc1CCC2. The van der Waals surface area contributed by atoms with Crippen LogP contribution in [-0.4, -0.2) is 16.8 Å². The molecular formula is C17H20N2O. The number of hydrogen-bond donors (Lipinski definition) is 0. The van der Waals surface area contributed by atoms with Crippen LogP contribution in [0, 0.1) is 13.8 Å². The van der Waals surface area contributed by atoms with Crippen molar-refractivity contribution in [1.29, 1.82) is 0 Å². The number of nitrogens with zero attached hydrogens (tertiary/aromatic N) is 2. The molecule has 1 heterocycles. The smallest absolute Gasteiger partial charge is 0.233 e. The van der Waals surface area contributed by atoms with Crippen LogP contribution in [0.4, 0.5) is 0 Å². The van der Waals surface area contributed by atoms with E-state index in [0.717, 1.165) is 25.0 Å². The van der Waals surface area contributed by atoms with E-state index < -0.39 is 0 Å². The molecule has 3 heteroatoms. The topological polar surface area (TPSA) is 35.0 Å². The fraction of sp³-hybridized carbons (Fsp3) is 0.412.